The van der Waals surface area contributed by atoms with Gasteiger partial charge in [-0.3, -0.25) is 0 Å². The third kappa shape index (κ3) is 4.32. The van der Waals surface area contributed by atoms with Crippen LogP contribution in [0.5, 0.6) is 0 Å². The zero-order valence-corrected chi connectivity index (χ0v) is 18.8. The van der Waals surface area contributed by atoms with Crippen molar-refractivity contribution in [3.63, 3.8) is 0 Å². The second-order valence-electron chi connectivity index (χ2n) is 6.59. The quantitative estimate of drug-likeness (QED) is 0.335. The van der Waals surface area contributed by atoms with Gasteiger partial charge in [0.1, 0.15) is 11.4 Å². The number of hydrogen-bond acceptors (Lipinski definition) is 5. The van der Waals surface area contributed by atoms with E-state index in [9.17, 15) is 0 Å². The molecule has 150 valence electrons. The third-order valence-electron chi connectivity index (χ3n) is 4.59. The van der Waals surface area contributed by atoms with E-state index in [1.54, 1.807) is 22.7 Å². The van der Waals surface area contributed by atoms with Gasteiger partial charge in [-0.15, -0.1) is 22.7 Å². The molecule has 4 aromatic rings. The minimum absolute atomic E-state index is 0. The van der Waals surface area contributed by atoms with E-state index >= 15 is 0 Å². The molecule has 0 saturated carbocycles. The fourth-order valence-corrected chi connectivity index (χ4v) is 4.95. The summed E-state index contributed by atoms with van der Waals surface area (Å²) in [5.74, 6) is 0. The average molecular weight is 441 g/mol. The normalized spacial score (nSPS) is 11.0. The molecule has 3 heterocycles. The number of aromatic nitrogens is 2. The first-order valence-electron chi connectivity index (χ1n) is 9.65. The number of thiophene rings is 2. The molecule has 0 unspecified atom stereocenters. The van der Waals surface area contributed by atoms with Crippen LogP contribution in [0.4, 0.5) is 5.69 Å². The average Bonchev–Trinajstić information content (AvgIpc) is 3.45. The number of hydrogen-bond donors (Lipinski definition) is 1. The molecule has 0 spiro atoms. The first-order chi connectivity index (χ1) is 14.2. The lowest BCUT2D eigenvalue weighted by Crippen LogP contribution is -2.35. The molecule has 0 aliphatic carbocycles. The fraction of sp³-hybridized carbons (Fsp3) is 0.227. The summed E-state index contributed by atoms with van der Waals surface area (Å²) in [6.45, 7) is 6.12. The number of nitrogens with zero attached hydrogens (tertiary/aromatic N) is 3. The van der Waals surface area contributed by atoms with Crippen molar-refractivity contribution in [1.82, 2.24) is 14.9 Å². The standard InChI is InChI=1S/C22H22N4S3.H2/c1-3-11-26(4-2)22(27)23-15-9-10-16-17(14-15)25-21(19-8-6-13-29-19)20(24-16)18-7-5-12-28-18;/h5-10,12-14H,3-4,11H2,1-2H3,(H,23,27);1H. The van der Waals surface area contributed by atoms with Crippen LogP contribution in [0, 0.1) is 0 Å². The molecule has 29 heavy (non-hydrogen) atoms. The Kier molecular flexibility index (Phi) is 6.18. The summed E-state index contributed by atoms with van der Waals surface area (Å²) in [6, 6.07) is 14.4. The molecule has 0 aliphatic rings. The molecule has 0 radical (unpaired) electrons. The summed E-state index contributed by atoms with van der Waals surface area (Å²) in [4.78, 5) is 14.4. The topological polar surface area (TPSA) is 41.0 Å². The zero-order valence-electron chi connectivity index (χ0n) is 16.4. The van der Waals surface area contributed by atoms with Gasteiger partial charge in [0, 0.05) is 20.2 Å². The number of benzene rings is 1. The molecule has 0 amide bonds. The van der Waals surface area contributed by atoms with E-state index in [2.05, 4.69) is 47.0 Å². The highest BCUT2D eigenvalue weighted by Crippen LogP contribution is 2.35. The molecular formula is C22H24N4S3. The van der Waals surface area contributed by atoms with Crippen LogP contribution in [-0.2, 0) is 0 Å². The third-order valence-corrected chi connectivity index (χ3v) is 6.70. The van der Waals surface area contributed by atoms with Gasteiger partial charge in [0.2, 0.25) is 0 Å². The highest BCUT2D eigenvalue weighted by molar-refractivity contribution is 7.80. The van der Waals surface area contributed by atoms with Crippen molar-refractivity contribution in [2.45, 2.75) is 20.3 Å². The number of fused-ring (bicyclic) bond motifs is 1. The fourth-order valence-electron chi connectivity index (χ4n) is 3.18. The van der Waals surface area contributed by atoms with E-state index in [-0.39, 0.29) is 1.43 Å². The van der Waals surface area contributed by atoms with Crippen LogP contribution < -0.4 is 5.32 Å². The largest absolute Gasteiger partial charge is 0.349 e. The Bertz CT molecular complexity index is 1110. The summed E-state index contributed by atoms with van der Waals surface area (Å²) < 4.78 is 0. The summed E-state index contributed by atoms with van der Waals surface area (Å²) in [6.07, 6.45) is 1.06. The van der Waals surface area contributed by atoms with Crippen molar-refractivity contribution in [3.8, 4) is 21.1 Å². The van der Waals surface area contributed by atoms with E-state index in [1.807, 2.05) is 30.3 Å². The molecule has 3 aromatic heterocycles. The minimum Gasteiger partial charge on any atom is -0.349 e. The van der Waals surface area contributed by atoms with Crippen molar-refractivity contribution >= 4 is 56.7 Å². The second kappa shape index (κ2) is 8.98. The smallest absolute Gasteiger partial charge is 0.173 e. The van der Waals surface area contributed by atoms with Crippen LogP contribution >= 0.6 is 34.9 Å². The Morgan fingerprint density at radius 2 is 1.66 bits per heavy atom. The lowest BCUT2D eigenvalue weighted by atomic mass is 10.2. The predicted octanol–water partition coefficient (Wildman–Crippen LogP) is 6.76. The van der Waals surface area contributed by atoms with Gasteiger partial charge in [0.25, 0.3) is 0 Å². The van der Waals surface area contributed by atoms with Gasteiger partial charge >= 0.3 is 0 Å². The Morgan fingerprint density at radius 1 is 1.00 bits per heavy atom. The van der Waals surface area contributed by atoms with Crippen LogP contribution in [0.15, 0.2) is 53.2 Å². The van der Waals surface area contributed by atoms with Gasteiger partial charge in [-0.1, -0.05) is 19.1 Å². The first-order valence-corrected chi connectivity index (χ1v) is 11.8. The van der Waals surface area contributed by atoms with Crippen molar-refractivity contribution in [1.29, 1.82) is 0 Å². The number of nitrogens with one attached hydrogen (secondary N) is 1. The Morgan fingerprint density at radius 3 is 2.21 bits per heavy atom. The molecular weight excluding hydrogens is 416 g/mol. The number of anilines is 1. The number of thiocarbonyl (C=S) groups is 1. The van der Waals surface area contributed by atoms with Gasteiger partial charge in [-0.25, -0.2) is 9.97 Å². The lowest BCUT2D eigenvalue weighted by Gasteiger charge is -2.23. The maximum atomic E-state index is 5.59. The Balaban J connectivity index is 0.00000256. The molecule has 7 heteroatoms. The van der Waals surface area contributed by atoms with Crippen LogP contribution in [-0.4, -0.2) is 33.1 Å². The van der Waals surface area contributed by atoms with Crippen LogP contribution in [0.1, 0.15) is 21.7 Å². The van der Waals surface area contributed by atoms with E-state index in [1.165, 1.54) is 0 Å². The molecule has 1 N–H and O–H groups in total. The minimum atomic E-state index is 0. The van der Waals surface area contributed by atoms with Gasteiger partial charge < -0.3 is 10.2 Å². The van der Waals surface area contributed by atoms with Crippen LogP contribution in [0.25, 0.3) is 32.2 Å². The Labute approximate surface area is 185 Å². The van der Waals surface area contributed by atoms with Crippen molar-refractivity contribution in [2.24, 2.45) is 0 Å². The molecule has 0 aliphatic heterocycles. The van der Waals surface area contributed by atoms with Crippen LogP contribution in [0.2, 0.25) is 0 Å². The van der Waals surface area contributed by atoms with Crippen molar-refractivity contribution < 1.29 is 1.43 Å². The SMILES string of the molecule is CCCN(CC)C(=S)Nc1ccc2nc(-c3cccs3)c(-c3cccs3)nc2c1.[HH]. The van der Waals surface area contributed by atoms with Gasteiger partial charge in [-0.2, -0.15) is 0 Å². The molecule has 0 saturated heterocycles. The maximum absolute atomic E-state index is 5.59. The maximum Gasteiger partial charge on any atom is 0.173 e. The lowest BCUT2D eigenvalue weighted by molar-refractivity contribution is 0.446. The number of rotatable bonds is 6. The van der Waals surface area contributed by atoms with Gasteiger partial charge in [0.05, 0.1) is 20.8 Å². The highest BCUT2D eigenvalue weighted by atomic mass is 32.1. The summed E-state index contributed by atoms with van der Waals surface area (Å²) in [5, 5.41) is 8.25. The molecule has 0 bridgehead atoms. The van der Waals surface area contributed by atoms with Gasteiger partial charge in [-0.05, 0) is 66.7 Å². The second-order valence-corrected chi connectivity index (χ2v) is 8.87. The highest BCUT2D eigenvalue weighted by Gasteiger charge is 2.15. The molecule has 1 aromatic carbocycles. The van der Waals surface area contributed by atoms with E-state index in [0.29, 0.717) is 0 Å². The molecule has 4 nitrogen and oxygen atoms in total. The van der Waals surface area contributed by atoms with E-state index < -0.39 is 0 Å². The first kappa shape index (κ1) is 19.9. The summed E-state index contributed by atoms with van der Waals surface area (Å²) in [5.41, 5.74) is 4.54. The summed E-state index contributed by atoms with van der Waals surface area (Å²) >= 11 is 8.96. The van der Waals surface area contributed by atoms with Crippen molar-refractivity contribution in [2.75, 3.05) is 18.4 Å². The van der Waals surface area contributed by atoms with Gasteiger partial charge in [0.15, 0.2) is 5.11 Å². The molecule has 0 atom stereocenters. The van der Waals surface area contributed by atoms with E-state index in [0.717, 1.165) is 62.5 Å². The zero-order chi connectivity index (χ0) is 20.2. The molecule has 0 fully saturated rings. The monoisotopic (exact) mass is 440 g/mol. The van der Waals surface area contributed by atoms with Crippen molar-refractivity contribution in [3.05, 3.63) is 53.2 Å². The van der Waals surface area contributed by atoms with E-state index in [4.69, 9.17) is 22.2 Å². The molecule has 4 rings (SSSR count). The van der Waals surface area contributed by atoms with Crippen LogP contribution in [0.3, 0.4) is 0 Å². The Hall–Kier alpha value is -2.35. The summed E-state index contributed by atoms with van der Waals surface area (Å²) in [7, 11) is 0. The predicted molar refractivity (Wildman–Crippen MR) is 132 cm³/mol.